The number of ether oxygens (including phenoxy) is 2. The van der Waals surface area contributed by atoms with Gasteiger partial charge in [0.15, 0.2) is 23.1 Å². The summed E-state index contributed by atoms with van der Waals surface area (Å²) in [5.74, 6) is 2.97. The van der Waals surface area contributed by atoms with Crippen molar-refractivity contribution in [3.8, 4) is 34.1 Å². The van der Waals surface area contributed by atoms with Gasteiger partial charge in [0.1, 0.15) is 18.9 Å². The summed E-state index contributed by atoms with van der Waals surface area (Å²) < 4.78 is 17.6. The van der Waals surface area contributed by atoms with E-state index in [9.17, 15) is 4.79 Å². The van der Waals surface area contributed by atoms with Crippen LogP contribution in [0.15, 0.2) is 83.3 Å². The van der Waals surface area contributed by atoms with Gasteiger partial charge in [-0.25, -0.2) is 4.98 Å². The van der Waals surface area contributed by atoms with Crippen LogP contribution < -0.4 is 9.47 Å². The number of aryl methyl sites for hydroxylation is 1. The van der Waals surface area contributed by atoms with Gasteiger partial charge in [-0.1, -0.05) is 66.7 Å². The molecule has 0 aliphatic carbocycles. The summed E-state index contributed by atoms with van der Waals surface area (Å²) in [6, 6.07) is 26.1. The van der Waals surface area contributed by atoms with Gasteiger partial charge in [0, 0.05) is 30.5 Å². The highest BCUT2D eigenvalue weighted by molar-refractivity contribution is 5.78. The van der Waals surface area contributed by atoms with Crippen LogP contribution in [-0.2, 0) is 11.2 Å². The van der Waals surface area contributed by atoms with Crippen LogP contribution in [-0.4, -0.2) is 35.5 Å². The third kappa shape index (κ3) is 4.47. The fraction of sp³-hybridized carbons (Fsp3) is 0.267. The van der Waals surface area contributed by atoms with E-state index in [1.807, 2.05) is 77.7 Å². The number of likely N-dealkylation sites (tertiary alicyclic amines) is 1. The third-order valence-electron chi connectivity index (χ3n) is 6.83. The Balaban J connectivity index is 1.20. The van der Waals surface area contributed by atoms with Crippen LogP contribution in [0.3, 0.4) is 0 Å². The molecule has 6 rings (SSSR count). The number of amides is 1. The highest BCUT2D eigenvalue weighted by Crippen LogP contribution is 2.39. The molecule has 1 aromatic heterocycles. The molecule has 0 radical (unpaired) electrons. The number of nitrogens with zero attached hydrogens (tertiary/aromatic N) is 2. The zero-order valence-electron chi connectivity index (χ0n) is 20.1. The molecule has 2 aliphatic rings. The predicted molar refractivity (Wildman–Crippen MR) is 137 cm³/mol. The van der Waals surface area contributed by atoms with Crippen molar-refractivity contribution in [1.29, 1.82) is 0 Å². The second-order valence-corrected chi connectivity index (χ2v) is 9.17. The Labute approximate surface area is 210 Å². The molecule has 1 amide bonds. The van der Waals surface area contributed by atoms with Gasteiger partial charge >= 0.3 is 0 Å². The highest BCUT2D eigenvalue weighted by atomic mass is 16.6. The van der Waals surface area contributed by atoms with Crippen molar-refractivity contribution >= 4 is 5.91 Å². The standard InChI is InChI=1S/C30H28N2O4/c33-28(32-17-7-12-24(32)23-13-14-25-26(20-23)35-19-18-34-25)16-15-27-31-29(21-8-3-1-4-9-21)30(36-27)22-10-5-2-6-11-22/h1-6,8-11,13-14,20,24H,7,12,15-19H2/t24-/m1/s1. The quantitative estimate of drug-likeness (QED) is 0.335. The Morgan fingerprint density at radius 3 is 2.39 bits per heavy atom. The fourth-order valence-electron chi connectivity index (χ4n) is 5.08. The van der Waals surface area contributed by atoms with Crippen molar-refractivity contribution in [2.75, 3.05) is 19.8 Å². The van der Waals surface area contributed by atoms with E-state index < -0.39 is 0 Å². The fourth-order valence-corrected chi connectivity index (χ4v) is 5.08. The maximum absolute atomic E-state index is 13.3. The molecular formula is C30H28N2O4. The zero-order valence-corrected chi connectivity index (χ0v) is 20.1. The Morgan fingerprint density at radius 1 is 0.889 bits per heavy atom. The van der Waals surface area contributed by atoms with Crippen LogP contribution in [0.4, 0.5) is 0 Å². The minimum absolute atomic E-state index is 0.0534. The van der Waals surface area contributed by atoms with Crippen molar-refractivity contribution in [2.45, 2.75) is 31.7 Å². The number of benzene rings is 3. The van der Waals surface area contributed by atoms with Crippen LogP contribution in [0.1, 0.15) is 36.8 Å². The first kappa shape index (κ1) is 22.4. The van der Waals surface area contributed by atoms with Crippen molar-refractivity contribution in [3.63, 3.8) is 0 Å². The van der Waals surface area contributed by atoms with Crippen molar-refractivity contribution in [3.05, 3.63) is 90.3 Å². The Morgan fingerprint density at radius 2 is 1.61 bits per heavy atom. The molecule has 4 aromatic rings. The Bertz CT molecular complexity index is 1290. The first-order valence-corrected chi connectivity index (χ1v) is 12.6. The van der Waals surface area contributed by atoms with E-state index in [0.717, 1.165) is 59.0 Å². The van der Waals surface area contributed by atoms with E-state index in [-0.39, 0.29) is 11.9 Å². The number of rotatable bonds is 6. The molecule has 6 heteroatoms. The molecule has 6 nitrogen and oxygen atoms in total. The van der Waals surface area contributed by atoms with E-state index in [1.54, 1.807) is 0 Å². The molecule has 0 unspecified atom stereocenters. The predicted octanol–water partition coefficient (Wildman–Crippen LogP) is 6.08. The zero-order chi connectivity index (χ0) is 24.3. The van der Waals surface area contributed by atoms with Gasteiger partial charge < -0.3 is 18.8 Å². The number of fused-ring (bicyclic) bond motifs is 1. The van der Waals surface area contributed by atoms with Crippen LogP contribution in [0.5, 0.6) is 11.5 Å². The van der Waals surface area contributed by atoms with Crippen molar-refractivity contribution < 1.29 is 18.7 Å². The number of hydrogen-bond acceptors (Lipinski definition) is 5. The molecule has 3 aromatic carbocycles. The molecule has 0 N–H and O–H groups in total. The topological polar surface area (TPSA) is 64.8 Å². The lowest BCUT2D eigenvalue weighted by molar-refractivity contribution is -0.132. The highest BCUT2D eigenvalue weighted by Gasteiger charge is 2.31. The number of hydrogen-bond donors (Lipinski definition) is 0. The average Bonchev–Trinajstić information content (AvgIpc) is 3.61. The van der Waals surface area contributed by atoms with Gasteiger partial charge in [-0.3, -0.25) is 4.79 Å². The second-order valence-electron chi connectivity index (χ2n) is 9.17. The average molecular weight is 481 g/mol. The maximum atomic E-state index is 13.3. The number of carbonyl (C=O) groups is 1. The normalized spacial score (nSPS) is 16.8. The minimum atomic E-state index is 0.0534. The molecule has 2 aliphatic heterocycles. The lowest BCUT2D eigenvalue weighted by Gasteiger charge is -2.26. The smallest absolute Gasteiger partial charge is 0.223 e. The van der Waals surface area contributed by atoms with E-state index in [4.69, 9.17) is 18.9 Å². The number of oxazole rings is 1. The van der Waals surface area contributed by atoms with Gasteiger partial charge in [-0.05, 0) is 30.5 Å². The molecule has 0 spiro atoms. The molecular weight excluding hydrogens is 452 g/mol. The molecule has 1 fully saturated rings. The third-order valence-corrected chi connectivity index (χ3v) is 6.83. The van der Waals surface area contributed by atoms with Crippen LogP contribution >= 0.6 is 0 Å². The van der Waals surface area contributed by atoms with Gasteiger partial charge in [0.2, 0.25) is 5.91 Å². The summed E-state index contributed by atoms with van der Waals surface area (Å²) >= 11 is 0. The minimum Gasteiger partial charge on any atom is -0.486 e. The van der Waals surface area contributed by atoms with Crippen LogP contribution in [0.2, 0.25) is 0 Å². The second kappa shape index (κ2) is 9.90. The molecule has 3 heterocycles. The Hall–Kier alpha value is -4.06. The van der Waals surface area contributed by atoms with Crippen LogP contribution in [0, 0.1) is 0 Å². The summed E-state index contributed by atoms with van der Waals surface area (Å²) in [5, 5.41) is 0. The van der Waals surface area contributed by atoms with E-state index in [1.165, 1.54) is 0 Å². The summed E-state index contributed by atoms with van der Waals surface area (Å²) in [7, 11) is 0. The summed E-state index contributed by atoms with van der Waals surface area (Å²) in [6.07, 6.45) is 2.74. The summed E-state index contributed by atoms with van der Waals surface area (Å²) in [6.45, 7) is 1.88. The summed E-state index contributed by atoms with van der Waals surface area (Å²) in [4.78, 5) is 20.1. The number of carbonyl (C=O) groups excluding carboxylic acids is 1. The van der Waals surface area contributed by atoms with Crippen LogP contribution in [0.25, 0.3) is 22.6 Å². The van der Waals surface area contributed by atoms with E-state index in [2.05, 4.69) is 6.07 Å². The molecule has 0 bridgehead atoms. The van der Waals surface area contributed by atoms with E-state index >= 15 is 0 Å². The molecule has 1 atom stereocenters. The van der Waals surface area contributed by atoms with Gasteiger partial charge in [0.05, 0.1) is 6.04 Å². The maximum Gasteiger partial charge on any atom is 0.223 e. The SMILES string of the molecule is O=C(CCc1nc(-c2ccccc2)c(-c2ccccc2)o1)N1CCC[C@@H]1c1ccc2c(c1)OCCO2. The Kier molecular flexibility index (Phi) is 6.16. The van der Waals surface area contributed by atoms with Gasteiger partial charge in [0.25, 0.3) is 0 Å². The largest absolute Gasteiger partial charge is 0.486 e. The first-order chi connectivity index (χ1) is 17.8. The summed E-state index contributed by atoms with van der Waals surface area (Å²) in [5.41, 5.74) is 3.87. The first-order valence-electron chi connectivity index (χ1n) is 12.6. The molecule has 1 saturated heterocycles. The van der Waals surface area contributed by atoms with Gasteiger partial charge in [-0.2, -0.15) is 0 Å². The number of aromatic nitrogens is 1. The molecule has 36 heavy (non-hydrogen) atoms. The van der Waals surface area contributed by atoms with E-state index in [0.29, 0.717) is 31.9 Å². The lowest BCUT2D eigenvalue weighted by atomic mass is 10.0. The molecule has 182 valence electrons. The lowest BCUT2D eigenvalue weighted by Crippen LogP contribution is -2.30. The van der Waals surface area contributed by atoms with Crippen molar-refractivity contribution in [1.82, 2.24) is 9.88 Å². The monoisotopic (exact) mass is 480 g/mol. The van der Waals surface area contributed by atoms with Gasteiger partial charge in [-0.15, -0.1) is 0 Å². The van der Waals surface area contributed by atoms with Crippen molar-refractivity contribution in [2.24, 2.45) is 0 Å². The molecule has 0 saturated carbocycles.